The maximum Gasteiger partial charge on any atom is 0.228 e. The molecule has 4 rings (SSSR count). The number of aliphatic hydroxyl groups excluding tert-OH is 2. The van der Waals surface area contributed by atoms with E-state index in [-0.39, 0.29) is 24.1 Å². The fourth-order valence-electron chi connectivity index (χ4n) is 3.09. The molecule has 0 saturated heterocycles. The molecule has 0 fully saturated rings. The molecular formula is C25H26F2N4O4. The number of fused-ring (bicyclic) bond motifs is 1. The molecule has 2 heterocycles. The molecule has 0 radical (unpaired) electrons. The van der Waals surface area contributed by atoms with Crippen molar-refractivity contribution in [1.29, 1.82) is 0 Å². The summed E-state index contributed by atoms with van der Waals surface area (Å²) in [5, 5.41) is 23.2. The van der Waals surface area contributed by atoms with Crippen LogP contribution in [0.25, 0.3) is 16.7 Å². The van der Waals surface area contributed by atoms with Gasteiger partial charge in [0.05, 0.1) is 12.8 Å². The normalized spacial score (nSPS) is 11.2. The van der Waals surface area contributed by atoms with Crippen LogP contribution in [0.2, 0.25) is 0 Å². The lowest BCUT2D eigenvalue weighted by atomic mass is 10.2. The highest BCUT2D eigenvalue weighted by molar-refractivity contribution is 5.82. The minimum absolute atomic E-state index is 0.0115. The van der Waals surface area contributed by atoms with E-state index in [1.165, 1.54) is 23.0 Å². The van der Waals surface area contributed by atoms with Crippen molar-refractivity contribution >= 4 is 11.0 Å². The number of hydrogen-bond donors (Lipinski definition) is 2. The number of rotatable bonds is 9. The number of benzene rings is 2. The molecule has 2 N–H and O–H groups in total. The van der Waals surface area contributed by atoms with Crippen molar-refractivity contribution in [3.05, 3.63) is 83.8 Å². The number of nitrogens with zero attached hydrogens (tertiary/aromatic N) is 4. The number of hydrogen-bond acceptors (Lipinski definition) is 7. The van der Waals surface area contributed by atoms with E-state index >= 15 is 0 Å². The van der Waals surface area contributed by atoms with Crippen LogP contribution in [-0.2, 0) is 13.2 Å². The van der Waals surface area contributed by atoms with Crippen molar-refractivity contribution in [3.63, 3.8) is 0 Å². The molecule has 0 atom stereocenters. The molecule has 0 aliphatic rings. The summed E-state index contributed by atoms with van der Waals surface area (Å²) >= 11 is 0. The average Bonchev–Trinajstić information content (AvgIpc) is 3.32. The monoisotopic (exact) mass is 484 g/mol. The maximum absolute atomic E-state index is 13.9. The summed E-state index contributed by atoms with van der Waals surface area (Å²) in [7, 11) is 0. The van der Waals surface area contributed by atoms with E-state index in [0.29, 0.717) is 16.7 Å². The van der Waals surface area contributed by atoms with Gasteiger partial charge in [-0.1, -0.05) is 44.2 Å². The van der Waals surface area contributed by atoms with Gasteiger partial charge in [-0.3, -0.25) is 0 Å². The van der Waals surface area contributed by atoms with Gasteiger partial charge in [-0.25, -0.2) is 18.4 Å². The molecule has 0 bridgehead atoms. The van der Waals surface area contributed by atoms with Gasteiger partial charge in [0.15, 0.2) is 11.5 Å². The standard InChI is InChI=1S/C23H20F2N4O4.C2H6/c24-16-6-7-19(20(10-16)32-14-17(25)8-9-30)29-22-18(11-26-29)23(28-21(12-31)27-22)33-13-15-4-2-1-3-5-15;1-2/h1-8,10-11,30-31H,9,12-14H2;1-2H3/b17-8-;. The molecule has 2 aromatic carbocycles. The van der Waals surface area contributed by atoms with Gasteiger partial charge in [-0.05, 0) is 23.8 Å². The van der Waals surface area contributed by atoms with Gasteiger partial charge in [-0.15, -0.1) is 0 Å². The Balaban J connectivity index is 0.00000167. The molecule has 2 aromatic heterocycles. The maximum atomic E-state index is 13.9. The Hall–Kier alpha value is -3.89. The van der Waals surface area contributed by atoms with E-state index in [1.807, 2.05) is 44.2 Å². The SMILES string of the molecule is CC.OC/C=C(\F)COc1cc(F)ccc1-n1ncc2c(OCc3ccccc3)nc(CO)nc21. The van der Waals surface area contributed by atoms with Crippen LogP contribution in [-0.4, -0.2) is 43.2 Å². The third kappa shape index (κ3) is 6.37. The number of halogens is 2. The first kappa shape index (κ1) is 25.7. The van der Waals surface area contributed by atoms with Crippen LogP contribution in [0, 0.1) is 5.82 Å². The first-order chi connectivity index (χ1) is 17.1. The Kier molecular flexibility index (Phi) is 9.22. The second-order valence-corrected chi connectivity index (χ2v) is 6.91. The van der Waals surface area contributed by atoms with E-state index < -0.39 is 31.5 Å². The summed E-state index contributed by atoms with van der Waals surface area (Å²) in [6, 6.07) is 13.2. The molecule has 0 amide bonds. The van der Waals surface area contributed by atoms with Crippen LogP contribution < -0.4 is 9.47 Å². The van der Waals surface area contributed by atoms with E-state index in [4.69, 9.17) is 14.6 Å². The van der Waals surface area contributed by atoms with Crippen LogP contribution in [0.1, 0.15) is 25.2 Å². The fraction of sp³-hybridized carbons (Fsp3) is 0.240. The van der Waals surface area contributed by atoms with E-state index in [1.54, 1.807) is 0 Å². The van der Waals surface area contributed by atoms with Gasteiger partial charge in [-0.2, -0.15) is 10.1 Å². The molecule has 0 saturated carbocycles. The Morgan fingerprint density at radius 3 is 2.54 bits per heavy atom. The van der Waals surface area contributed by atoms with Crippen LogP contribution in [0.15, 0.2) is 66.6 Å². The molecule has 184 valence electrons. The fourth-order valence-corrected chi connectivity index (χ4v) is 3.09. The van der Waals surface area contributed by atoms with Crippen LogP contribution in [0.5, 0.6) is 11.6 Å². The molecule has 0 unspecified atom stereocenters. The van der Waals surface area contributed by atoms with Gasteiger partial charge in [0.1, 0.15) is 48.3 Å². The third-order valence-electron chi connectivity index (χ3n) is 4.63. The predicted molar refractivity (Wildman–Crippen MR) is 126 cm³/mol. The molecule has 0 spiro atoms. The summed E-state index contributed by atoms with van der Waals surface area (Å²) in [6.07, 6.45) is 2.43. The van der Waals surface area contributed by atoms with Crippen molar-refractivity contribution in [2.75, 3.05) is 13.2 Å². The first-order valence-corrected chi connectivity index (χ1v) is 11.0. The van der Waals surface area contributed by atoms with Gasteiger partial charge < -0.3 is 19.7 Å². The highest BCUT2D eigenvalue weighted by Crippen LogP contribution is 2.30. The second kappa shape index (κ2) is 12.5. The zero-order valence-corrected chi connectivity index (χ0v) is 19.4. The Morgan fingerprint density at radius 1 is 1.06 bits per heavy atom. The molecule has 8 nitrogen and oxygen atoms in total. The van der Waals surface area contributed by atoms with E-state index in [0.717, 1.165) is 17.7 Å². The van der Waals surface area contributed by atoms with Crippen molar-refractivity contribution < 1.29 is 28.5 Å². The number of ether oxygens (including phenoxy) is 2. The van der Waals surface area contributed by atoms with E-state index in [2.05, 4.69) is 15.1 Å². The Bertz CT molecular complexity index is 1280. The van der Waals surface area contributed by atoms with Gasteiger partial charge >= 0.3 is 0 Å². The number of aromatic nitrogens is 4. The third-order valence-corrected chi connectivity index (χ3v) is 4.63. The zero-order chi connectivity index (χ0) is 25.2. The Morgan fingerprint density at radius 2 is 1.83 bits per heavy atom. The second-order valence-electron chi connectivity index (χ2n) is 6.91. The van der Waals surface area contributed by atoms with Crippen molar-refractivity contribution in [3.8, 4) is 17.3 Å². The largest absolute Gasteiger partial charge is 0.484 e. The summed E-state index contributed by atoms with van der Waals surface area (Å²) < 4.78 is 40.2. The quantitative estimate of drug-likeness (QED) is 0.366. The molecule has 10 heteroatoms. The van der Waals surface area contributed by atoms with Gasteiger partial charge in [0, 0.05) is 6.07 Å². The van der Waals surface area contributed by atoms with Crippen LogP contribution in [0.3, 0.4) is 0 Å². The van der Waals surface area contributed by atoms with Crippen LogP contribution >= 0.6 is 0 Å². The smallest absolute Gasteiger partial charge is 0.228 e. The van der Waals surface area contributed by atoms with E-state index in [9.17, 15) is 13.9 Å². The summed E-state index contributed by atoms with van der Waals surface area (Å²) in [5.74, 6) is -0.958. The average molecular weight is 485 g/mol. The molecule has 0 aliphatic carbocycles. The zero-order valence-electron chi connectivity index (χ0n) is 19.4. The predicted octanol–water partition coefficient (Wildman–Crippen LogP) is 4.28. The molecule has 4 aromatic rings. The summed E-state index contributed by atoms with van der Waals surface area (Å²) in [6.45, 7) is 2.82. The highest BCUT2D eigenvalue weighted by Gasteiger charge is 2.18. The number of aliphatic hydroxyl groups is 2. The lowest BCUT2D eigenvalue weighted by Gasteiger charge is -2.12. The Labute approximate surface area is 201 Å². The molecule has 35 heavy (non-hydrogen) atoms. The van der Waals surface area contributed by atoms with Crippen molar-refractivity contribution in [1.82, 2.24) is 19.7 Å². The summed E-state index contributed by atoms with van der Waals surface area (Å²) in [4.78, 5) is 8.57. The van der Waals surface area contributed by atoms with Gasteiger partial charge in [0.25, 0.3) is 0 Å². The highest BCUT2D eigenvalue weighted by atomic mass is 19.1. The van der Waals surface area contributed by atoms with Crippen LogP contribution in [0.4, 0.5) is 8.78 Å². The van der Waals surface area contributed by atoms with Crippen molar-refractivity contribution in [2.24, 2.45) is 0 Å². The molecule has 0 aliphatic heterocycles. The lowest BCUT2D eigenvalue weighted by Crippen LogP contribution is -2.07. The molecular weight excluding hydrogens is 458 g/mol. The van der Waals surface area contributed by atoms with Gasteiger partial charge in [0.2, 0.25) is 5.88 Å². The van der Waals surface area contributed by atoms with Crippen molar-refractivity contribution in [2.45, 2.75) is 27.1 Å². The topological polar surface area (TPSA) is 103 Å². The minimum Gasteiger partial charge on any atom is -0.484 e. The minimum atomic E-state index is -0.709. The lowest BCUT2D eigenvalue weighted by molar-refractivity contribution is 0.262. The summed E-state index contributed by atoms with van der Waals surface area (Å²) in [5.41, 5.74) is 1.51. The first-order valence-electron chi connectivity index (χ1n) is 11.0.